The maximum atomic E-state index is 12.7. The first-order valence-corrected chi connectivity index (χ1v) is 8.96. The third kappa shape index (κ3) is 4.50. The summed E-state index contributed by atoms with van der Waals surface area (Å²) < 4.78 is 75.5. The van der Waals surface area contributed by atoms with Crippen LogP contribution in [0.15, 0.2) is 0 Å². The summed E-state index contributed by atoms with van der Waals surface area (Å²) in [4.78, 5) is 23.2. The highest BCUT2D eigenvalue weighted by Gasteiger charge is 2.69. The predicted octanol–water partition coefficient (Wildman–Crippen LogP) is 6.28. The van der Waals surface area contributed by atoms with Crippen LogP contribution in [0.2, 0.25) is 0 Å². The minimum absolute atomic E-state index is 0.0351. The molecule has 2 fully saturated rings. The fourth-order valence-electron chi connectivity index (χ4n) is 3.37. The Kier molecular flexibility index (Phi) is 6.00. The third-order valence-electron chi connectivity index (χ3n) is 5.27. The predicted molar refractivity (Wildman–Crippen MR) is 89.0 cm³/mol. The summed E-state index contributed by atoms with van der Waals surface area (Å²) in [7, 11) is 0. The van der Waals surface area contributed by atoms with E-state index in [1.807, 2.05) is 0 Å². The Morgan fingerprint density at radius 2 is 0.852 bits per heavy atom. The lowest BCUT2D eigenvalue weighted by Crippen LogP contribution is -2.54. The summed E-state index contributed by atoms with van der Waals surface area (Å²) in [5, 5.41) is 0. The smallest absolute Gasteiger partial charge is 0.298 e. The number of ketones is 2. The Hall–Kier alpha value is -1.08. The molecule has 2 aliphatic carbocycles. The van der Waals surface area contributed by atoms with Crippen LogP contribution in [0, 0.1) is 21.7 Å². The molecular formula is C19H28F6O2. The first kappa shape index (κ1) is 24.0. The van der Waals surface area contributed by atoms with E-state index in [4.69, 9.17) is 0 Å². The second-order valence-corrected chi connectivity index (χ2v) is 9.67. The Morgan fingerprint density at radius 1 is 0.593 bits per heavy atom. The molecule has 0 aromatic heterocycles. The Balaban J connectivity index is 0.000000271. The highest BCUT2D eigenvalue weighted by Crippen LogP contribution is 2.60. The van der Waals surface area contributed by atoms with Gasteiger partial charge in [0.05, 0.1) is 0 Å². The number of Topliss-reactive ketones (excluding diaryl/α,β-unsaturated/α-hetero) is 2. The quantitative estimate of drug-likeness (QED) is 0.510. The normalized spacial score (nSPS) is 21.5. The number of hydrogen-bond acceptors (Lipinski definition) is 2. The molecule has 8 heteroatoms. The van der Waals surface area contributed by atoms with Gasteiger partial charge in [0.1, 0.15) is 10.8 Å². The Bertz CT molecular complexity index is 579. The van der Waals surface area contributed by atoms with Crippen molar-refractivity contribution in [1.82, 2.24) is 0 Å². The van der Waals surface area contributed by atoms with Crippen molar-refractivity contribution >= 4 is 11.6 Å². The largest absolute Gasteiger partial charge is 0.401 e. The van der Waals surface area contributed by atoms with Crippen LogP contribution in [0.3, 0.4) is 0 Å². The van der Waals surface area contributed by atoms with Gasteiger partial charge in [0.15, 0.2) is 11.6 Å². The van der Waals surface area contributed by atoms with E-state index in [1.54, 1.807) is 20.8 Å². The van der Waals surface area contributed by atoms with Crippen LogP contribution < -0.4 is 0 Å². The molecule has 2 nitrogen and oxygen atoms in total. The number of rotatable bonds is 2. The molecule has 0 unspecified atom stereocenters. The SMILES string of the molecule is CC(C)(C)C(=O)C1(C(F)(F)F)CC1.CC(C)(C)C(=O)C1(C(F)(F)F)CCC1. The summed E-state index contributed by atoms with van der Waals surface area (Å²) >= 11 is 0. The van der Waals surface area contributed by atoms with E-state index >= 15 is 0 Å². The monoisotopic (exact) mass is 402 g/mol. The van der Waals surface area contributed by atoms with Gasteiger partial charge in [-0.25, -0.2) is 0 Å². The van der Waals surface area contributed by atoms with Crippen molar-refractivity contribution in [1.29, 1.82) is 0 Å². The van der Waals surface area contributed by atoms with Crippen LogP contribution >= 0.6 is 0 Å². The fourth-order valence-corrected chi connectivity index (χ4v) is 3.37. The maximum absolute atomic E-state index is 12.7. The molecule has 0 radical (unpaired) electrons. The topological polar surface area (TPSA) is 34.1 Å². The van der Waals surface area contributed by atoms with Crippen LogP contribution in [0.25, 0.3) is 0 Å². The molecule has 0 saturated heterocycles. The maximum Gasteiger partial charge on any atom is 0.401 e. The minimum atomic E-state index is -4.38. The Labute approximate surface area is 156 Å². The van der Waals surface area contributed by atoms with E-state index in [-0.39, 0.29) is 25.7 Å². The van der Waals surface area contributed by atoms with Gasteiger partial charge in [-0.1, -0.05) is 48.0 Å². The molecule has 158 valence electrons. The van der Waals surface area contributed by atoms with Crippen molar-refractivity contribution in [2.24, 2.45) is 21.7 Å². The van der Waals surface area contributed by atoms with Gasteiger partial charge in [-0.15, -0.1) is 0 Å². The second-order valence-electron chi connectivity index (χ2n) is 9.67. The summed E-state index contributed by atoms with van der Waals surface area (Å²) in [6.45, 7) is 9.22. The van der Waals surface area contributed by atoms with Gasteiger partial charge < -0.3 is 0 Å². The molecule has 0 amide bonds. The van der Waals surface area contributed by atoms with Gasteiger partial charge >= 0.3 is 12.4 Å². The van der Waals surface area contributed by atoms with Crippen molar-refractivity contribution in [2.45, 2.75) is 86.0 Å². The Morgan fingerprint density at radius 3 is 0.889 bits per heavy atom. The lowest BCUT2D eigenvalue weighted by atomic mass is 9.60. The minimum Gasteiger partial charge on any atom is -0.298 e. The zero-order chi connectivity index (χ0) is 21.7. The van der Waals surface area contributed by atoms with Gasteiger partial charge in [-0.3, -0.25) is 9.59 Å². The molecule has 0 heterocycles. The van der Waals surface area contributed by atoms with Gasteiger partial charge in [0.2, 0.25) is 0 Å². The lowest BCUT2D eigenvalue weighted by Gasteiger charge is -2.44. The number of hydrogen-bond donors (Lipinski definition) is 0. The van der Waals surface area contributed by atoms with Crippen LogP contribution in [-0.2, 0) is 9.59 Å². The highest BCUT2D eigenvalue weighted by molar-refractivity contribution is 5.92. The first-order chi connectivity index (χ1) is 11.7. The van der Waals surface area contributed by atoms with E-state index in [0.29, 0.717) is 6.42 Å². The van der Waals surface area contributed by atoms with E-state index in [2.05, 4.69) is 0 Å². The van der Waals surface area contributed by atoms with Gasteiger partial charge in [0.25, 0.3) is 0 Å². The first-order valence-electron chi connectivity index (χ1n) is 8.96. The lowest BCUT2D eigenvalue weighted by molar-refractivity contribution is -0.245. The van der Waals surface area contributed by atoms with E-state index in [0.717, 1.165) is 0 Å². The van der Waals surface area contributed by atoms with Crippen molar-refractivity contribution in [2.75, 3.05) is 0 Å². The van der Waals surface area contributed by atoms with E-state index in [1.165, 1.54) is 20.8 Å². The van der Waals surface area contributed by atoms with Gasteiger partial charge in [0, 0.05) is 10.8 Å². The van der Waals surface area contributed by atoms with Crippen molar-refractivity contribution in [3.8, 4) is 0 Å². The van der Waals surface area contributed by atoms with Crippen LogP contribution in [0.4, 0.5) is 26.3 Å². The standard InChI is InChI=1S/C10H15F3O.C9H13F3O/c1-8(2,3)7(14)9(5-4-6-9)10(11,12)13;1-7(2,3)6(13)8(4-5-8)9(10,11)12/h4-6H2,1-3H3;4-5H2,1-3H3. The molecule has 0 bridgehead atoms. The molecule has 2 aliphatic rings. The highest BCUT2D eigenvalue weighted by atomic mass is 19.4. The number of carbonyl (C=O) groups excluding carboxylic acids is 2. The second kappa shape index (κ2) is 6.76. The van der Waals surface area contributed by atoms with Gasteiger partial charge in [-0.2, -0.15) is 26.3 Å². The fraction of sp³-hybridized carbons (Fsp3) is 0.895. The molecule has 0 aliphatic heterocycles. The van der Waals surface area contributed by atoms with Crippen LogP contribution in [0.1, 0.15) is 73.6 Å². The molecule has 0 aromatic rings. The molecule has 2 saturated carbocycles. The average molecular weight is 402 g/mol. The molecule has 2 rings (SSSR count). The third-order valence-corrected chi connectivity index (χ3v) is 5.27. The van der Waals surface area contributed by atoms with Crippen molar-refractivity contribution in [3.05, 3.63) is 0 Å². The molecular weight excluding hydrogens is 374 g/mol. The molecule has 27 heavy (non-hydrogen) atoms. The molecule has 0 atom stereocenters. The van der Waals surface area contributed by atoms with Crippen LogP contribution in [0.5, 0.6) is 0 Å². The van der Waals surface area contributed by atoms with E-state index in [9.17, 15) is 35.9 Å². The van der Waals surface area contributed by atoms with Crippen molar-refractivity contribution < 1.29 is 35.9 Å². The summed E-state index contributed by atoms with van der Waals surface area (Å²) in [6.07, 6.45) is -8.38. The summed E-state index contributed by atoms with van der Waals surface area (Å²) in [6, 6.07) is 0. The average Bonchev–Trinajstić information content (AvgIpc) is 3.13. The molecule has 0 N–H and O–H groups in total. The number of alkyl halides is 6. The number of halogens is 6. The zero-order valence-corrected chi connectivity index (χ0v) is 16.6. The van der Waals surface area contributed by atoms with Crippen LogP contribution in [-0.4, -0.2) is 23.9 Å². The van der Waals surface area contributed by atoms with Gasteiger partial charge in [-0.05, 0) is 25.7 Å². The molecule has 0 aromatic carbocycles. The van der Waals surface area contributed by atoms with Crippen molar-refractivity contribution in [3.63, 3.8) is 0 Å². The molecule has 0 spiro atoms. The zero-order valence-electron chi connectivity index (χ0n) is 16.6. The van der Waals surface area contributed by atoms with E-state index < -0.39 is 45.6 Å². The summed E-state index contributed by atoms with van der Waals surface area (Å²) in [5.41, 5.74) is -5.85. The number of carbonyl (C=O) groups is 2. The summed E-state index contributed by atoms with van der Waals surface area (Å²) in [5.74, 6) is -1.34.